The van der Waals surface area contributed by atoms with Gasteiger partial charge < -0.3 is 0 Å². The van der Waals surface area contributed by atoms with Gasteiger partial charge in [0.25, 0.3) is 0 Å². The van der Waals surface area contributed by atoms with Crippen molar-refractivity contribution < 1.29 is 0 Å². The molecule has 0 saturated heterocycles. The minimum absolute atomic E-state index is 0.375. The molecule has 0 radical (unpaired) electrons. The van der Waals surface area contributed by atoms with E-state index in [9.17, 15) is 9.59 Å². The monoisotopic (exact) mass is 126 g/mol. The molecule has 0 fully saturated rings. The minimum Gasteiger partial charge on any atom is -0.246 e. The zero-order chi connectivity index (χ0) is 6.85. The topological polar surface area (TPSA) is 94.4 Å². The van der Waals surface area contributed by atoms with Crippen molar-refractivity contribution in [3.8, 4) is 6.19 Å². The number of aromatic amines is 2. The van der Waals surface area contributed by atoms with Crippen LogP contribution in [0.4, 0.5) is 0 Å². The predicted octanol–water partition coefficient (Wildman–Crippen LogP) is -1.81. The first-order chi connectivity index (χ1) is 4.25. The summed E-state index contributed by atoms with van der Waals surface area (Å²) in [5, 5.41) is 11.9. The van der Waals surface area contributed by atoms with Crippen LogP contribution >= 0.6 is 0 Å². The Balaban J connectivity index is 3.66. The molecule has 0 aromatic carbocycles. The van der Waals surface area contributed by atoms with Crippen LogP contribution in [0, 0.1) is 11.5 Å². The highest BCUT2D eigenvalue weighted by Gasteiger charge is 1.97. The highest BCUT2D eigenvalue weighted by molar-refractivity contribution is 4.80. The number of aromatic nitrogens is 3. The second-order valence-corrected chi connectivity index (χ2v) is 1.30. The first-order valence-electron chi connectivity index (χ1n) is 2.05. The molecule has 6 nitrogen and oxygen atoms in total. The standard InChI is InChI=1S/C3H2N4O2/c4-1-7-2(8)5-6-3(7)9/h(H,5,8)(H,6,9). The lowest BCUT2D eigenvalue weighted by Gasteiger charge is -1.69. The largest absolute Gasteiger partial charge is 0.358 e. The second-order valence-electron chi connectivity index (χ2n) is 1.30. The first-order valence-corrected chi connectivity index (χ1v) is 2.05. The molecule has 0 spiro atoms. The Morgan fingerprint density at radius 3 is 2.00 bits per heavy atom. The van der Waals surface area contributed by atoms with Crippen molar-refractivity contribution in [3.05, 3.63) is 21.0 Å². The first kappa shape index (κ1) is 5.37. The van der Waals surface area contributed by atoms with Gasteiger partial charge in [-0.05, 0) is 0 Å². The van der Waals surface area contributed by atoms with Crippen LogP contribution in [0.5, 0.6) is 0 Å². The van der Waals surface area contributed by atoms with E-state index in [2.05, 4.69) is 0 Å². The molecule has 0 saturated carbocycles. The highest BCUT2D eigenvalue weighted by atomic mass is 16.2. The third-order valence-corrected chi connectivity index (χ3v) is 0.783. The Hall–Kier alpha value is -1.77. The minimum atomic E-state index is -0.748. The van der Waals surface area contributed by atoms with E-state index >= 15 is 0 Å². The van der Waals surface area contributed by atoms with Crippen molar-refractivity contribution in [2.45, 2.75) is 0 Å². The van der Waals surface area contributed by atoms with Gasteiger partial charge in [-0.3, -0.25) is 0 Å². The fraction of sp³-hybridized carbons (Fsp3) is 0. The molecule has 0 aliphatic rings. The van der Waals surface area contributed by atoms with E-state index in [-0.39, 0.29) is 0 Å². The van der Waals surface area contributed by atoms with E-state index in [1.807, 2.05) is 10.2 Å². The number of nitrogens with one attached hydrogen (secondary N) is 2. The van der Waals surface area contributed by atoms with Gasteiger partial charge in [-0.15, -0.1) is 4.57 Å². The third-order valence-electron chi connectivity index (χ3n) is 0.783. The highest BCUT2D eigenvalue weighted by Crippen LogP contribution is 1.51. The van der Waals surface area contributed by atoms with Gasteiger partial charge in [-0.25, -0.2) is 19.8 Å². The summed E-state index contributed by atoms with van der Waals surface area (Å²) in [5.41, 5.74) is -1.50. The quantitative estimate of drug-likeness (QED) is 0.429. The molecule has 0 bridgehead atoms. The fourth-order valence-corrected chi connectivity index (χ4v) is 0.402. The van der Waals surface area contributed by atoms with Crippen molar-refractivity contribution in [1.82, 2.24) is 14.8 Å². The van der Waals surface area contributed by atoms with Gasteiger partial charge in [0, 0.05) is 0 Å². The Kier molecular flexibility index (Phi) is 0.971. The van der Waals surface area contributed by atoms with Crippen molar-refractivity contribution in [2.24, 2.45) is 0 Å². The van der Waals surface area contributed by atoms with Crippen LogP contribution in [0.2, 0.25) is 0 Å². The average Bonchev–Trinajstić information content (AvgIpc) is 2.12. The number of rotatable bonds is 0. The van der Waals surface area contributed by atoms with Crippen LogP contribution in [0.3, 0.4) is 0 Å². The molecule has 0 amide bonds. The maximum absolute atomic E-state index is 10.3. The summed E-state index contributed by atoms with van der Waals surface area (Å²) in [4.78, 5) is 20.6. The van der Waals surface area contributed by atoms with E-state index in [0.29, 0.717) is 4.57 Å². The summed E-state index contributed by atoms with van der Waals surface area (Å²) in [5.74, 6) is 0. The summed E-state index contributed by atoms with van der Waals surface area (Å²) >= 11 is 0. The molecule has 0 aliphatic carbocycles. The average molecular weight is 126 g/mol. The van der Waals surface area contributed by atoms with Gasteiger partial charge in [0.15, 0.2) is 6.19 Å². The summed E-state index contributed by atoms with van der Waals surface area (Å²) in [7, 11) is 0. The van der Waals surface area contributed by atoms with Crippen molar-refractivity contribution in [2.75, 3.05) is 0 Å². The van der Waals surface area contributed by atoms with E-state index in [0.717, 1.165) is 0 Å². The number of nitrogens with zero attached hydrogens (tertiary/aromatic N) is 2. The Labute approximate surface area is 48.3 Å². The number of hydrogen-bond donors (Lipinski definition) is 2. The van der Waals surface area contributed by atoms with Crippen molar-refractivity contribution in [1.29, 1.82) is 5.26 Å². The van der Waals surface area contributed by atoms with E-state index < -0.39 is 11.4 Å². The van der Waals surface area contributed by atoms with Gasteiger partial charge in [0.2, 0.25) is 0 Å². The van der Waals surface area contributed by atoms with E-state index in [1.54, 1.807) is 0 Å². The number of nitriles is 1. The zero-order valence-electron chi connectivity index (χ0n) is 4.21. The van der Waals surface area contributed by atoms with Crippen molar-refractivity contribution >= 4 is 0 Å². The maximum Gasteiger partial charge on any atom is 0.358 e. The lowest BCUT2D eigenvalue weighted by Crippen LogP contribution is -2.22. The van der Waals surface area contributed by atoms with E-state index in [1.165, 1.54) is 6.19 Å². The molecule has 1 rings (SSSR count). The Morgan fingerprint density at radius 2 is 1.78 bits per heavy atom. The molecular formula is C3H2N4O2. The number of hydrogen-bond acceptors (Lipinski definition) is 3. The molecule has 0 atom stereocenters. The molecule has 2 N–H and O–H groups in total. The zero-order valence-corrected chi connectivity index (χ0v) is 4.21. The summed E-state index contributed by atoms with van der Waals surface area (Å²) < 4.78 is 0.375. The van der Waals surface area contributed by atoms with Crippen LogP contribution in [-0.2, 0) is 0 Å². The van der Waals surface area contributed by atoms with Crippen LogP contribution in [0.25, 0.3) is 0 Å². The Bertz CT molecular complexity index is 319. The third kappa shape index (κ3) is 0.637. The summed E-state index contributed by atoms with van der Waals surface area (Å²) in [6.45, 7) is 0. The lowest BCUT2D eigenvalue weighted by molar-refractivity contribution is 0.971. The fourth-order valence-electron chi connectivity index (χ4n) is 0.402. The molecule has 0 unspecified atom stereocenters. The second kappa shape index (κ2) is 1.63. The molecule has 0 aliphatic heterocycles. The van der Waals surface area contributed by atoms with Gasteiger partial charge in [0.05, 0.1) is 0 Å². The van der Waals surface area contributed by atoms with Gasteiger partial charge >= 0.3 is 11.4 Å². The molecular weight excluding hydrogens is 124 g/mol. The van der Waals surface area contributed by atoms with Crippen LogP contribution in [-0.4, -0.2) is 14.8 Å². The SMILES string of the molecule is N#Cn1c(=O)[nH][nH]c1=O. The molecule has 1 aromatic rings. The Morgan fingerprint density at radius 1 is 1.33 bits per heavy atom. The van der Waals surface area contributed by atoms with Crippen LogP contribution in [0.1, 0.15) is 0 Å². The lowest BCUT2D eigenvalue weighted by atomic mass is 11.0. The van der Waals surface area contributed by atoms with Crippen molar-refractivity contribution in [3.63, 3.8) is 0 Å². The van der Waals surface area contributed by atoms with Crippen LogP contribution < -0.4 is 11.4 Å². The molecule has 1 aromatic heterocycles. The van der Waals surface area contributed by atoms with Gasteiger partial charge in [-0.2, -0.15) is 5.26 Å². The summed E-state index contributed by atoms with van der Waals surface area (Å²) in [6, 6.07) is 0. The van der Waals surface area contributed by atoms with Gasteiger partial charge in [0.1, 0.15) is 0 Å². The molecule has 46 valence electrons. The van der Waals surface area contributed by atoms with E-state index in [4.69, 9.17) is 5.26 Å². The predicted molar refractivity (Wildman–Crippen MR) is 26.7 cm³/mol. The number of H-pyrrole nitrogens is 2. The summed E-state index contributed by atoms with van der Waals surface area (Å²) in [6.07, 6.45) is 1.37. The normalized spacial score (nSPS) is 8.78. The smallest absolute Gasteiger partial charge is 0.246 e. The molecule has 9 heavy (non-hydrogen) atoms. The molecule has 1 heterocycles. The van der Waals surface area contributed by atoms with Gasteiger partial charge in [-0.1, -0.05) is 0 Å². The maximum atomic E-state index is 10.3. The van der Waals surface area contributed by atoms with Crippen LogP contribution in [0.15, 0.2) is 9.59 Å². The molecule has 6 heteroatoms.